The molecule has 2 amide bonds. The number of hydrogen-bond acceptors (Lipinski definition) is 4. The highest BCUT2D eigenvalue weighted by Gasteiger charge is 2.08. The van der Waals surface area contributed by atoms with Crippen molar-refractivity contribution in [2.75, 3.05) is 0 Å². The largest absolute Gasteiger partial charge is 0.321 e. The van der Waals surface area contributed by atoms with E-state index in [0.717, 1.165) is 34.6 Å². The van der Waals surface area contributed by atoms with Crippen molar-refractivity contribution >= 4 is 35.3 Å². The molecule has 0 saturated carbocycles. The standard InChI is InChI=1S/C23H32N2O2S2/c1-9-16(3)14-22(26)24-20(7)28-18(5)12-11-13-19(6)29-21(8)25-23(27)15-17(4)10-2/h9-10H,1,3,5-8,11-15H2,2,4H3,(H,24,26)(H,25,27)/b17-10+. The highest BCUT2D eigenvalue weighted by molar-refractivity contribution is 8.06. The Kier molecular flexibility index (Phi) is 13.7. The first-order valence-corrected chi connectivity index (χ1v) is 10.8. The maximum Gasteiger partial charge on any atom is 0.229 e. The lowest BCUT2D eigenvalue weighted by Crippen LogP contribution is -2.20. The van der Waals surface area contributed by atoms with Crippen molar-refractivity contribution in [3.63, 3.8) is 0 Å². The molecule has 0 saturated heterocycles. The Morgan fingerprint density at radius 2 is 1.31 bits per heavy atom. The number of rotatable bonds is 15. The molecular weight excluding hydrogens is 400 g/mol. The van der Waals surface area contributed by atoms with E-state index in [0.29, 0.717) is 22.1 Å². The lowest BCUT2D eigenvalue weighted by atomic mass is 10.2. The summed E-state index contributed by atoms with van der Waals surface area (Å²) in [6.07, 6.45) is 6.41. The summed E-state index contributed by atoms with van der Waals surface area (Å²) in [6, 6.07) is 0. The Hall–Kier alpha value is -2.18. The molecular formula is C23H32N2O2S2. The zero-order chi connectivity index (χ0) is 22.4. The molecule has 0 heterocycles. The summed E-state index contributed by atoms with van der Waals surface area (Å²) in [4.78, 5) is 25.5. The monoisotopic (exact) mass is 432 g/mol. The minimum Gasteiger partial charge on any atom is -0.321 e. The van der Waals surface area contributed by atoms with Gasteiger partial charge in [0.25, 0.3) is 0 Å². The number of amides is 2. The molecule has 0 atom stereocenters. The summed E-state index contributed by atoms with van der Waals surface area (Å²) in [5.41, 5.74) is 1.67. The van der Waals surface area contributed by atoms with Gasteiger partial charge in [0, 0.05) is 6.42 Å². The number of thioether (sulfide) groups is 2. The second-order valence-electron chi connectivity index (χ2n) is 6.43. The third kappa shape index (κ3) is 14.5. The maximum atomic E-state index is 11.8. The smallest absolute Gasteiger partial charge is 0.229 e. The quantitative estimate of drug-likeness (QED) is 0.235. The van der Waals surface area contributed by atoms with E-state index >= 15 is 0 Å². The predicted molar refractivity (Wildman–Crippen MR) is 130 cm³/mol. The van der Waals surface area contributed by atoms with Crippen LogP contribution in [0.2, 0.25) is 0 Å². The van der Waals surface area contributed by atoms with E-state index in [4.69, 9.17) is 0 Å². The average molecular weight is 433 g/mol. The molecule has 158 valence electrons. The van der Waals surface area contributed by atoms with Crippen molar-refractivity contribution in [3.05, 3.63) is 82.6 Å². The van der Waals surface area contributed by atoms with Crippen molar-refractivity contribution in [1.29, 1.82) is 0 Å². The molecule has 0 aliphatic carbocycles. The van der Waals surface area contributed by atoms with Crippen molar-refractivity contribution in [2.24, 2.45) is 0 Å². The summed E-state index contributed by atoms with van der Waals surface area (Å²) >= 11 is 2.73. The molecule has 0 aromatic carbocycles. The van der Waals surface area contributed by atoms with Crippen molar-refractivity contribution in [2.45, 2.75) is 46.0 Å². The lowest BCUT2D eigenvalue weighted by molar-refractivity contribution is -0.120. The van der Waals surface area contributed by atoms with Crippen LogP contribution in [0, 0.1) is 0 Å². The highest BCUT2D eigenvalue weighted by atomic mass is 32.2. The third-order valence-corrected chi connectivity index (χ3v) is 5.29. The number of hydrogen-bond donors (Lipinski definition) is 2. The Balaban J connectivity index is 4.10. The van der Waals surface area contributed by atoms with E-state index < -0.39 is 0 Å². The Bertz CT molecular complexity index is 689. The van der Waals surface area contributed by atoms with Gasteiger partial charge in [-0.15, -0.1) is 0 Å². The van der Waals surface area contributed by atoms with E-state index in [1.165, 1.54) is 23.5 Å². The second kappa shape index (κ2) is 14.8. The minimum atomic E-state index is -0.171. The van der Waals surface area contributed by atoms with Crippen LogP contribution in [0.25, 0.3) is 0 Å². The molecule has 29 heavy (non-hydrogen) atoms. The van der Waals surface area contributed by atoms with E-state index in [1.807, 2.05) is 19.9 Å². The Labute approximate surface area is 184 Å². The fourth-order valence-electron chi connectivity index (χ4n) is 2.02. The number of carbonyl (C=O) groups is 2. The number of carbonyl (C=O) groups excluding carboxylic acids is 2. The SMILES string of the molecule is C=CC(=C)CC(=O)NC(=C)SC(=C)CCCC(=C)SC(=C)NC(=O)C/C(C)=C/C. The van der Waals surface area contributed by atoms with Crippen molar-refractivity contribution < 1.29 is 9.59 Å². The molecule has 0 aliphatic rings. The second-order valence-corrected chi connectivity index (χ2v) is 8.98. The van der Waals surface area contributed by atoms with Gasteiger partial charge in [-0.2, -0.15) is 0 Å². The van der Waals surface area contributed by atoms with Gasteiger partial charge in [-0.25, -0.2) is 0 Å². The summed E-state index contributed by atoms with van der Waals surface area (Å²) in [7, 11) is 0. The van der Waals surface area contributed by atoms with Gasteiger partial charge in [-0.3, -0.25) is 9.59 Å². The first-order valence-electron chi connectivity index (χ1n) is 9.18. The summed E-state index contributed by atoms with van der Waals surface area (Å²) in [5, 5.41) is 6.62. The zero-order valence-electron chi connectivity index (χ0n) is 17.6. The van der Waals surface area contributed by atoms with Crippen LogP contribution in [0.3, 0.4) is 0 Å². The number of allylic oxidation sites excluding steroid dienone is 4. The first-order chi connectivity index (χ1) is 13.6. The lowest BCUT2D eigenvalue weighted by Gasteiger charge is -2.12. The zero-order valence-corrected chi connectivity index (χ0v) is 19.2. The summed E-state index contributed by atoms with van der Waals surface area (Å²) in [6.45, 7) is 26.9. The van der Waals surface area contributed by atoms with Gasteiger partial charge in [0.15, 0.2) is 0 Å². The van der Waals surface area contributed by atoms with Crippen LogP contribution in [0.15, 0.2) is 82.6 Å². The summed E-state index contributed by atoms with van der Waals surface area (Å²) in [5.74, 6) is -0.247. The molecule has 0 aromatic heterocycles. The Morgan fingerprint density at radius 1 is 0.862 bits per heavy atom. The van der Waals surface area contributed by atoms with Gasteiger partial charge in [0.05, 0.1) is 16.5 Å². The van der Waals surface area contributed by atoms with Gasteiger partial charge in [-0.1, -0.05) is 80.7 Å². The normalized spacial score (nSPS) is 10.6. The highest BCUT2D eigenvalue weighted by Crippen LogP contribution is 2.29. The van der Waals surface area contributed by atoms with Crippen LogP contribution in [0.1, 0.15) is 46.0 Å². The molecule has 0 fully saturated rings. The van der Waals surface area contributed by atoms with Gasteiger partial charge >= 0.3 is 0 Å². The van der Waals surface area contributed by atoms with Crippen molar-refractivity contribution in [1.82, 2.24) is 10.6 Å². The van der Waals surface area contributed by atoms with E-state index in [2.05, 4.69) is 50.1 Å². The van der Waals surface area contributed by atoms with Crippen LogP contribution in [0.5, 0.6) is 0 Å². The molecule has 0 radical (unpaired) electrons. The van der Waals surface area contributed by atoms with Crippen LogP contribution in [-0.4, -0.2) is 11.8 Å². The third-order valence-electron chi connectivity index (χ3n) is 3.61. The molecule has 6 heteroatoms. The van der Waals surface area contributed by atoms with Crippen LogP contribution in [-0.2, 0) is 9.59 Å². The summed E-state index contributed by atoms with van der Waals surface area (Å²) < 4.78 is 0. The van der Waals surface area contributed by atoms with Gasteiger partial charge in [0.2, 0.25) is 11.8 Å². The molecule has 2 N–H and O–H groups in total. The average Bonchev–Trinajstić information content (AvgIpc) is 2.60. The molecule has 0 unspecified atom stereocenters. The van der Waals surface area contributed by atoms with E-state index in [-0.39, 0.29) is 18.2 Å². The molecule has 0 aliphatic heterocycles. The molecule has 0 rings (SSSR count). The molecule has 0 aromatic rings. The fraction of sp³-hybridized carbons (Fsp3) is 0.304. The fourth-order valence-corrected chi connectivity index (χ4v) is 3.54. The maximum absolute atomic E-state index is 11.8. The molecule has 0 bridgehead atoms. The first kappa shape index (κ1) is 26.8. The van der Waals surface area contributed by atoms with E-state index in [9.17, 15) is 9.59 Å². The minimum absolute atomic E-state index is 0.0760. The predicted octanol–water partition coefficient (Wildman–Crippen LogP) is 6.31. The van der Waals surface area contributed by atoms with Crippen molar-refractivity contribution in [3.8, 4) is 0 Å². The number of nitrogens with one attached hydrogen (secondary N) is 2. The van der Waals surface area contributed by atoms with Crippen LogP contribution < -0.4 is 10.6 Å². The Morgan fingerprint density at radius 3 is 1.72 bits per heavy atom. The van der Waals surface area contributed by atoms with Gasteiger partial charge in [-0.05, 0) is 48.5 Å². The molecule has 0 spiro atoms. The van der Waals surface area contributed by atoms with Crippen LogP contribution >= 0.6 is 23.5 Å². The topological polar surface area (TPSA) is 58.2 Å². The van der Waals surface area contributed by atoms with Gasteiger partial charge < -0.3 is 10.6 Å². The van der Waals surface area contributed by atoms with Gasteiger partial charge in [0.1, 0.15) is 0 Å². The van der Waals surface area contributed by atoms with E-state index in [1.54, 1.807) is 6.08 Å². The van der Waals surface area contributed by atoms with Crippen LogP contribution in [0.4, 0.5) is 0 Å². The molecule has 4 nitrogen and oxygen atoms in total.